The van der Waals surface area contributed by atoms with Crippen molar-refractivity contribution in [2.24, 2.45) is 0 Å². The molecule has 0 radical (unpaired) electrons. The minimum atomic E-state index is -1.61. The van der Waals surface area contributed by atoms with Crippen molar-refractivity contribution in [1.29, 1.82) is 0 Å². The van der Waals surface area contributed by atoms with E-state index in [0.717, 1.165) is 7.11 Å². The molecule has 0 saturated carbocycles. The van der Waals surface area contributed by atoms with E-state index in [9.17, 15) is 38.4 Å². The minimum absolute atomic E-state index is 0.110. The molecule has 0 unspecified atom stereocenters. The lowest BCUT2D eigenvalue weighted by molar-refractivity contribution is -0.145. The molecule has 0 spiro atoms. The molecule has 2 bridgehead atoms. The summed E-state index contributed by atoms with van der Waals surface area (Å²) in [5.41, 5.74) is -0.0497. The van der Waals surface area contributed by atoms with Crippen LogP contribution < -0.4 is 37.2 Å². The Balaban J connectivity index is 1.53. The van der Waals surface area contributed by atoms with E-state index in [-0.39, 0.29) is 25.7 Å². The van der Waals surface area contributed by atoms with Gasteiger partial charge in [0.25, 0.3) is 0 Å². The molecule has 17 heteroatoms. The first-order valence-corrected chi connectivity index (χ1v) is 21.4. The van der Waals surface area contributed by atoms with Gasteiger partial charge in [0.1, 0.15) is 47.4 Å². The summed E-state index contributed by atoms with van der Waals surface area (Å²) in [7, 11) is 1.14. The first-order chi connectivity index (χ1) is 31.0. The standard InChI is InChI=1S/C48H57N7O10/c1-30-40(57)50-34-25-17-18-28-37(45(62)64-5)52-44(61)38(53-43(60)35(51-42(34)59)26-15-16-27-36(41(58)49-30)54-46(63)65-47(2,3)4)29-39(56)55-48(31-19-9-6-10-20-31,32-21-11-7-12-22-32)33-23-13-8-14-24-33/h6-24,30,34-38H,25-29H2,1-5H3,(H,49,58)(H,50,57)(H,51,59)(H,52,61)(H,53,60)(H,54,63)(H,55,56)/b16-15-,18-17-/t30-,34-,35-,36-,37-,38-/m0/s1. The van der Waals surface area contributed by atoms with Crippen molar-refractivity contribution in [3.63, 3.8) is 0 Å². The predicted octanol–water partition coefficient (Wildman–Crippen LogP) is 2.70. The number of hydrogen-bond donors (Lipinski definition) is 7. The SMILES string of the molecule is COC(=O)[C@@H]1C/C=C\C[C@@H]2NC(=O)[C@H](C)NC(=O)[C@@H](NC(=O)OC(C)(C)C)C/C=C\C[C@H](NC2=O)C(=O)N[C@@H](CC(=O)NC(c2ccccc2)(c2ccccc2)c2ccccc2)C(=O)N1. The van der Waals surface area contributed by atoms with Gasteiger partial charge in [-0.25, -0.2) is 9.59 Å². The Morgan fingerprint density at radius 2 is 1.08 bits per heavy atom. The number of ether oxygens (including phenoxy) is 2. The van der Waals surface area contributed by atoms with E-state index in [4.69, 9.17) is 9.47 Å². The second kappa shape index (κ2) is 22.4. The van der Waals surface area contributed by atoms with E-state index in [1.165, 1.54) is 31.2 Å². The van der Waals surface area contributed by atoms with Gasteiger partial charge in [0, 0.05) is 0 Å². The van der Waals surface area contributed by atoms with Crippen LogP contribution in [-0.4, -0.2) is 96.5 Å². The van der Waals surface area contributed by atoms with Gasteiger partial charge in [-0.2, -0.15) is 0 Å². The summed E-state index contributed by atoms with van der Waals surface area (Å²) in [4.78, 5) is 110. The molecule has 7 amide bonds. The number of fused-ring (bicyclic) bond motifs is 3. The summed E-state index contributed by atoms with van der Waals surface area (Å²) in [5, 5.41) is 18.8. The van der Waals surface area contributed by atoms with Crippen LogP contribution in [0.3, 0.4) is 0 Å². The first kappa shape index (κ1) is 48.7. The minimum Gasteiger partial charge on any atom is -0.467 e. The molecule has 344 valence electrons. The molecule has 2 heterocycles. The van der Waals surface area contributed by atoms with Crippen LogP contribution >= 0.6 is 0 Å². The number of methoxy groups -OCH3 is 1. The molecule has 0 saturated heterocycles. The monoisotopic (exact) mass is 891 g/mol. The third-order valence-corrected chi connectivity index (χ3v) is 10.6. The van der Waals surface area contributed by atoms with Gasteiger partial charge in [0.05, 0.1) is 13.5 Å². The zero-order chi connectivity index (χ0) is 47.1. The molecule has 6 atom stereocenters. The number of alkyl carbamates (subject to hydrolysis) is 1. The van der Waals surface area contributed by atoms with E-state index < -0.39 is 101 Å². The van der Waals surface area contributed by atoms with E-state index >= 15 is 0 Å². The number of carbonyl (C=O) groups excluding carboxylic acids is 8. The number of rotatable bonds is 8. The highest BCUT2D eigenvalue weighted by Gasteiger charge is 2.40. The number of benzene rings is 3. The fraction of sp³-hybridized carbons (Fsp3) is 0.375. The molecule has 3 aromatic rings. The van der Waals surface area contributed by atoms with Crippen LogP contribution in [0.25, 0.3) is 0 Å². The summed E-state index contributed by atoms with van der Waals surface area (Å²) in [6.07, 6.45) is 3.99. The van der Waals surface area contributed by atoms with Crippen molar-refractivity contribution in [3.8, 4) is 0 Å². The first-order valence-electron chi connectivity index (χ1n) is 21.4. The Hall–Kier alpha value is -7.30. The van der Waals surface area contributed by atoms with Gasteiger partial charge in [-0.1, -0.05) is 115 Å². The molecule has 7 N–H and O–H groups in total. The van der Waals surface area contributed by atoms with Gasteiger partial charge in [-0.05, 0) is 70.1 Å². The molecule has 17 nitrogen and oxygen atoms in total. The lowest BCUT2D eigenvalue weighted by Crippen LogP contribution is -2.60. The van der Waals surface area contributed by atoms with Gasteiger partial charge in [-0.3, -0.25) is 28.8 Å². The van der Waals surface area contributed by atoms with Crippen molar-refractivity contribution in [1.82, 2.24) is 37.2 Å². The van der Waals surface area contributed by atoms with Crippen LogP contribution in [-0.2, 0) is 48.6 Å². The fourth-order valence-corrected chi connectivity index (χ4v) is 7.36. The van der Waals surface area contributed by atoms with Crippen molar-refractivity contribution in [2.75, 3.05) is 7.11 Å². The number of nitrogens with one attached hydrogen (secondary N) is 7. The fourth-order valence-electron chi connectivity index (χ4n) is 7.36. The van der Waals surface area contributed by atoms with E-state index in [1.54, 1.807) is 20.8 Å². The third-order valence-electron chi connectivity index (χ3n) is 10.6. The molecule has 3 aromatic carbocycles. The van der Waals surface area contributed by atoms with Crippen LogP contribution in [0.1, 0.15) is 76.5 Å². The molecule has 0 aliphatic carbocycles. The van der Waals surface area contributed by atoms with Gasteiger partial charge in [0.15, 0.2) is 0 Å². The zero-order valence-electron chi connectivity index (χ0n) is 37.1. The summed E-state index contributed by atoms with van der Waals surface area (Å²) in [5.74, 6) is -5.48. The predicted molar refractivity (Wildman–Crippen MR) is 239 cm³/mol. The highest BCUT2D eigenvalue weighted by molar-refractivity contribution is 5.98. The van der Waals surface area contributed by atoms with Crippen molar-refractivity contribution >= 4 is 47.5 Å². The Morgan fingerprint density at radius 1 is 0.600 bits per heavy atom. The summed E-state index contributed by atoms with van der Waals surface area (Å²) >= 11 is 0. The lowest BCUT2D eigenvalue weighted by Gasteiger charge is -2.37. The normalized spacial score (nSPS) is 23.6. The molecule has 0 fully saturated rings. The number of hydrogen-bond acceptors (Lipinski definition) is 10. The van der Waals surface area contributed by atoms with Gasteiger partial charge >= 0.3 is 12.1 Å². The second-order valence-corrected chi connectivity index (χ2v) is 16.7. The van der Waals surface area contributed by atoms with Crippen molar-refractivity contribution in [3.05, 3.63) is 132 Å². The number of amides is 7. The Labute approximate surface area is 377 Å². The molecular formula is C48H57N7O10. The quantitative estimate of drug-likeness (QED) is 0.0992. The van der Waals surface area contributed by atoms with Gasteiger partial charge < -0.3 is 46.7 Å². The summed E-state index contributed by atoms with van der Waals surface area (Å²) < 4.78 is 10.3. The Bertz CT molecular complexity index is 2150. The number of esters is 1. The highest BCUT2D eigenvalue weighted by Crippen LogP contribution is 2.37. The number of carbonyl (C=O) groups is 8. The molecule has 5 rings (SSSR count). The van der Waals surface area contributed by atoms with Gasteiger partial charge in [0.2, 0.25) is 35.4 Å². The summed E-state index contributed by atoms with van der Waals surface area (Å²) in [6, 6.07) is 19.8. The topological polar surface area (TPSA) is 239 Å². The lowest BCUT2D eigenvalue weighted by atomic mass is 9.77. The maximum Gasteiger partial charge on any atom is 0.408 e. The van der Waals surface area contributed by atoms with E-state index in [2.05, 4.69) is 37.2 Å². The van der Waals surface area contributed by atoms with Crippen molar-refractivity contribution in [2.45, 2.75) is 107 Å². The largest absolute Gasteiger partial charge is 0.467 e. The second-order valence-electron chi connectivity index (χ2n) is 16.7. The smallest absolute Gasteiger partial charge is 0.408 e. The van der Waals surface area contributed by atoms with Crippen LogP contribution in [0.5, 0.6) is 0 Å². The van der Waals surface area contributed by atoms with Crippen LogP contribution in [0, 0.1) is 0 Å². The molecule has 2 aliphatic rings. The Morgan fingerprint density at radius 3 is 1.58 bits per heavy atom. The Kier molecular flexibility index (Phi) is 16.8. The van der Waals surface area contributed by atoms with Crippen molar-refractivity contribution < 1.29 is 47.8 Å². The maximum atomic E-state index is 14.6. The molecular weight excluding hydrogens is 835 g/mol. The van der Waals surface area contributed by atoms with E-state index in [1.807, 2.05) is 91.0 Å². The van der Waals surface area contributed by atoms with E-state index in [0.29, 0.717) is 16.7 Å². The third kappa shape index (κ3) is 13.4. The molecule has 2 aliphatic heterocycles. The van der Waals surface area contributed by atoms with Crippen LogP contribution in [0.15, 0.2) is 115 Å². The average molecular weight is 892 g/mol. The average Bonchev–Trinajstić information content (AvgIpc) is 3.28. The summed E-state index contributed by atoms with van der Waals surface area (Å²) in [6.45, 7) is 6.37. The molecule has 65 heavy (non-hydrogen) atoms. The van der Waals surface area contributed by atoms with Gasteiger partial charge in [-0.15, -0.1) is 0 Å². The molecule has 0 aromatic heterocycles. The van der Waals surface area contributed by atoms with Crippen LogP contribution in [0.2, 0.25) is 0 Å². The zero-order valence-corrected chi connectivity index (χ0v) is 37.1. The maximum absolute atomic E-state index is 14.6. The highest BCUT2D eigenvalue weighted by atomic mass is 16.6. The van der Waals surface area contributed by atoms with Crippen LogP contribution in [0.4, 0.5) is 4.79 Å².